The summed E-state index contributed by atoms with van der Waals surface area (Å²) in [6.45, 7) is 8.81. The summed E-state index contributed by atoms with van der Waals surface area (Å²) in [5, 5.41) is 4.81. The topological polar surface area (TPSA) is 66.0 Å². The van der Waals surface area contributed by atoms with Crippen molar-refractivity contribution in [2.45, 2.75) is 39.0 Å². The monoisotopic (exact) mass is 380 g/mol. The Morgan fingerprint density at radius 2 is 1.85 bits per heavy atom. The van der Waals surface area contributed by atoms with Crippen molar-refractivity contribution in [2.75, 3.05) is 6.61 Å². The van der Waals surface area contributed by atoms with E-state index in [0.717, 1.165) is 40.6 Å². The number of ether oxygens (including phenoxy) is 1. The summed E-state index contributed by atoms with van der Waals surface area (Å²) in [6, 6.07) is 13.4. The Hall–Kier alpha value is -2.28. The van der Waals surface area contributed by atoms with Crippen molar-refractivity contribution >= 4 is 8.07 Å². The van der Waals surface area contributed by atoms with E-state index in [9.17, 15) is 0 Å². The fourth-order valence-corrected chi connectivity index (χ4v) is 3.58. The van der Waals surface area contributed by atoms with Gasteiger partial charge in [0.25, 0.3) is 0 Å². The highest BCUT2D eigenvalue weighted by Crippen LogP contribution is 2.31. The summed E-state index contributed by atoms with van der Waals surface area (Å²) in [5.74, 6) is 0. The first kappa shape index (κ1) is 19.5. The maximum atomic E-state index is 5.88. The molecular weight excluding hydrogens is 352 g/mol. The van der Waals surface area contributed by atoms with Crippen LogP contribution >= 0.6 is 0 Å². The number of aromatic nitrogens is 3. The second-order valence-electron chi connectivity index (χ2n) is 7.92. The number of pyridine rings is 1. The van der Waals surface area contributed by atoms with E-state index in [0.29, 0.717) is 13.3 Å². The van der Waals surface area contributed by atoms with E-state index in [2.05, 4.69) is 36.8 Å². The zero-order chi connectivity index (χ0) is 19.3. The Kier molecular flexibility index (Phi) is 6.21. The predicted molar refractivity (Wildman–Crippen MR) is 113 cm³/mol. The van der Waals surface area contributed by atoms with Gasteiger partial charge in [-0.25, -0.2) is 4.68 Å². The van der Waals surface area contributed by atoms with Gasteiger partial charge in [-0.2, -0.15) is 5.10 Å². The second kappa shape index (κ2) is 8.60. The molecule has 2 heterocycles. The molecule has 0 aliphatic rings. The molecule has 2 aromatic heterocycles. The third-order valence-electron chi connectivity index (χ3n) is 4.41. The zero-order valence-electron chi connectivity index (χ0n) is 16.4. The van der Waals surface area contributed by atoms with Crippen LogP contribution in [0, 0.1) is 0 Å². The quantitative estimate of drug-likeness (QED) is 0.465. The molecule has 3 rings (SSSR count). The van der Waals surface area contributed by atoms with Gasteiger partial charge in [0.1, 0.15) is 12.4 Å². The lowest BCUT2D eigenvalue weighted by molar-refractivity contribution is 0.0788. The maximum absolute atomic E-state index is 5.88. The van der Waals surface area contributed by atoms with Gasteiger partial charge >= 0.3 is 0 Å². The smallest absolute Gasteiger partial charge is 0.139 e. The van der Waals surface area contributed by atoms with Crippen molar-refractivity contribution in [3.63, 3.8) is 0 Å². The Labute approximate surface area is 162 Å². The number of hydrogen-bond acceptors (Lipinski definition) is 4. The Balaban J connectivity index is 1.87. The number of nitrogens with two attached hydrogens (primary N) is 1. The second-order valence-corrected chi connectivity index (χ2v) is 13.5. The molecule has 0 bridgehead atoms. The molecule has 0 amide bonds. The van der Waals surface area contributed by atoms with Crippen molar-refractivity contribution in [2.24, 2.45) is 5.73 Å². The molecule has 0 aliphatic heterocycles. The number of nitrogens with zero attached hydrogens (tertiary/aromatic N) is 3. The standard InChI is InChI=1S/C21H28N4OSi/c1-27(2,3)12-11-26-16-25-15-20(18-7-9-23-10-8-18)21(24-25)19-6-4-5-17(13-19)14-22/h4-10,13,15H,11-12,14,16,22H2,1-3H3. The van der Waals surface area contributed by atoms with Crippen LogP contribution in [-0.2, 0) is 18.0 Å². The average molecular weight is 381 g/mol. The van der Waals surface area contributed by atoms with Crippen molar-refractivity contribution in [3.05, 3.63) is 60.6 Å². The largest absolute Gasteiger partial charge is 0.360 e. The molecule has 27 heavy (non-hydrogen) atoms. The Morgan fingerprint density at radius 3 is 2.56 bits per heavy atom. The summed E-state index contributed by atoms with van der Waals surface area (Å²) < 4.78 is 7.76. The van der Waals surface area contributed by atoms with Gasteiger partial charge in [-0.05, 0) is 35.4 Å². The van der Waals surface area contributed by atoms with E-state index in [1.807, 2.05) is 35.1 Å². The van der Waals surface area contributed by atoms with Crippen molar-refractivity contribution in [1.82, 2.24) is 14.8 Å². The van der Waals surface area contributed by atoms with Crippen molar-refractivity contribution < 1.29 is 4.74 Å². The first-order valence-corrected chi connectivity index (χ1v) is 13.0. The molecule has 0 saturated carbocycles. The molecule has 0 unspecified atom stereocenters. The van der Waals surface area contributed by atoms with Gasteiger partial charge in [0.05, 0.1) is 0 Å². The van der Waals surface area contributed by atoms with Crippen LogP contribution in [0.1, 0.15) is 5.56 Å². The molecule has 0 atom stereocenters. The molecule has 0 saturated heterocycles. The van der Waals surface area contributed by atoms with Crippen LogP contribution in [0.4, 0.5) is 0 Å². The van der Waals surface area contributed by atoms with E-state index in [1.165, 1.54) is 0 Å². The summed E-state index contributed by atoms with van der Waals surface area (Å²) in [7, 11) is -1.09. The van der Waals surface area contributed by atoms with E-state index in [4.69, 9.17) is 15.6 Å². The van der Waals surface area contributed by atoms with Crippen LogP contribution in [0.5, 0.6) is 0 Å². The third-order valence-corrected chi connectivity index (χ3v) is 6.11. The van der Waals surface area contributed by atoms with Crippen LogP contribution in [0.3, 0.4) is 0 Å². The molecule has 0 radical (unpaired) electrons. The fraction of sp³-hybridized carbons (Fsp3) is 0.333. The molecule has 6 heteroatoms. The maximum Gasteiger partial charge on any atom is 0.139 e. The molecular formula is C21H28N4OSi. The van der Waals surface area contributed by atoms with Crippen LogP contribution in [0.2, 0.25) is 25.7 Å². The predicted octanol–water partition coefficient (Wildman–Crippen LogP) is 4.38. The SMILES string of the molecule is C[Si](C)(C)CCOCn1cc(-c2ccncc2)c(-c2cccc(CN)c2)n1. The van der Waals surface area contributed by atoms with E-state index >= 15 is 0 Å². The Morgan fingerprint density at radius 1 is 1.07 bits per heavy atom. The summed E-state index contributed by atoms with van der Waals surface area (Å²) in [4.78, 5) is 4.13. The number of hydrogen-bond donors (Lipinski definition) is 1. The van der Waals surface area contributed by atoms with E-state index < -0.39 is 8.07 Å². The highest BCUT2D eigenvalue weighted by Gasteiger charge is 2.15. The highest BCUT2D eigenvalue weighted by molar-refractivity contribution is 6.76. The zero-order valence-corrected chi connectivity index (χ0v) is 17.4. The molecule has 0 aliphatic carbocycles. The minimum atomic E-state index is -1.09. The lowest BCUT2D eigenvalue weighted by Crippen LogP contribution is -2.22. The minimum absolute atomic E-state index is 0.457. The highest BCUT2D eigenvalue weighted by atomic mass is 28.3. The van der Waals surface area contributed by atoms with Crippen molar-refractivity contribution in [3.8, 4) is 22.4 Å². The number of rotatable bonds is 8. The van der Waals surface area contributed by atoms with Gasteiger partial charge in [0.15, 0.2) is 0 Å². The minimum Gasteiger partial charge on any atom is -0.360 e. The van der Waals surface area contributed by atoms with Gasteiger partial charge in [0.2, 0.25) is 0 Å². The summed E-state index contributed by atoms with van der Waals surface area (Å²) >= 11 is 0. The molecule has 1 aromatic carbocycles. The first-order valence-electron chi connectivity index (χ1n) is 9.31. The molecule has 5 nitrogen and oxygen atoms in total. The van der Waals surface area contributed by atoms with Gasteiger partial charge in [-0.15, -0.1) is 0 Å². The van der Waals surface area contributed by atoms with E-state index in [1.54, 1.807) is 12.4 Å². The summed E-state index contributed by atoms with van der Waals surface area (Å²) in [5.41, 5.74) is 11.1. The lowest BCUT2D eigenvalue weighted by atomic mass is 10.0. The molecule has 3 aromatic rings. The Bertz CT molecular complexity index is 871. The van der Waals surface area contributed by atoms with Crippen LogP contribution in [0.25, 0.3) is 22.4 Å². The molecule has 0 fully saturated rings. The van der Waals surface area contributed by atoms with Gasteiger partial charge < -0.3 is 10.5 Å². The number of benzene rings is 1. The summed E-state index contributed by atoms with van der Waals surface area (Å²) in [6.07, 6.45) is 5.66. The third kappa shape index (κ3) is 5.35. The molecule has 0 spiro atoms. The van der Waals surface area contributed by atoms with E-state index in [-0.39, 0.29) is 0 Å². The van der Waals surface area contributed by atoms with Crippen LogP contribution in [-0.4, -0.2) is 29.4 Å². The van der Waals surface area contributed by atoms with Crippen LogP contribution < -0.4 is 5.73 Å². The lowest BCUT2D eigenvalue weighted by Gasteiger charge is -2.15. The van der Waals surface area contributed by atoms with Crippen molar-refractivity contribution in [1.29, 1.82) is 0 Å². The normalized spacial score (nSPS) is 11.7. The molecule has 2 N–H and O–H groups in total. The first-order chi connectivity index (χ1) is 13.0. The average Bonchev–Trinajstić information content (AvgIpc) is 3.09. The van der Waals surface area contributed by atoms with Crippen LogP contribution in [0.15, 0.2) is 55.0 Å². The van der Waals surface area contributed by atoms with Gasteiger partial charge in [-0.3, -0.25) is 4.98 Å². The molecule has 142 valence electrons. The fourth-order valence-electron chi connectivity index (χ4n) is 2.83. The van der Waals surface area contributed by atoms with Gasteiger partial charge in [0, 0.05) is 50.9 Å². The van der Waals surface area contributed by atoms with Gasteiger partial charge in [-0.1, -0.05) is 37.8 Å².